The van der Waals surface area contributed by atoms with E-state index >= 15 is 0 Å². The van der Waals surface area contributed by atoms with Crippen molar-refractivity contribution in [2.75, 3.05) is 19.3 Å². The predicted octanol–water partition coefficient (Wildman–Crippen LogP) is 1.04. The summed E-state index contributed by atoms with van der Waals surface area (Å²) in [4.78, 5) is 35.7. The van der Waals surface area contributed by atoms with Gasteiger partial charge in [0, 0.05) is 24.6 Å². The number of sulfonamides is 1. The molecule has 3 aliphatic carbocycles. The average Bonchev–Trinajstić information content (AvgIpc) is 3.07. The largest absolute Gasteiger partial charge is 0.332 e. The number of aromatic amines is 1. The number of fused-ring (bicyclic) bond motifs is 6. The normalized spacial score (nSPS) is 37.3. The number of H-pyrrole nitrogens is 1. The summed E-state index contributed by atoms with van der Waals surface area (Å²) in [6.07, 6.45) is 7.14. The highest BCUT2D eigenvalue weighted by atomic mass is 32.2. The highest BCUT2D eigenvalue weighted by Gasteiger charge is 2.68. The van der Waals surface area contributed by atoms with E-state index in [9.17, 15) is 18.0 Å². The molecule has 30 heavy (non-hydrogen) atoms. The fourth-order valence-corrected chi connectivity index (χ4v) is 7.82. The fraction of sp³-hybridized carbons (Fsp3) is 0.762. The lowest BCUT2D eigenvalue weighted by Gasteiger charge is -2.28. The predicted molar refractivity (Wildman–Crippen MR) is 109 cm³/mol. The SMILES string of the molecule is CS(=O)(=O)N1CCc2c(nc([C@@H]3CCCN3C(=O)C3[C@H]4[C@@H]5CC[C@H](C5)[C@H]34)[nH]c2=O)C1. The highest BCUT2D eigenvalue weighted by molar-refractivity contribution is 7.88. The zero-order valence-electron chi connectivity index (χ0n) is 17.2. The number of amides is 1. The van der Waals surface area contributed by atoms with Crippen LogP contribution in [0, 0.1) is 29.6 Å². The molecular formula is C21H28N4O4S. The first-order valence-corrected chi connectivity index (χ1v) is 13.1. The van der Waals surface area contributed by atoms with Gasteiger partial charge in [-0.1, -0.05) is 0 Å². The number of nitrogens with one attached hydrogen (secondary N) is 1. The number of nitrogens with zero attached hydrogens (tertiary/aromatic N) is 3. The van der Waals surface area contributed by atoms with E-state index in [4.69, 9.17) is 4.98 Å². The van der Waals surface area contributed by atoms with Gasteiger partial charge in [-0.15, -0.1) is 0 Å². The van der Waals surface area contributed by atoms with Gasteiger partial charge in [-0.2, -0.15) is 4.31 Å². The molecule has 1 aromatic heterocycles. The summed E-state index contributed by atoms with van der Waals surface area (Å²) in [6, 6.07) is -0.205. The minimum atomic E-state index is -3.34. The van der Waals surface area contributed by atoms with Gasteiger partial charge in [0.25, 0.3) is 5.56 Å². The van der Waals surface area contributed by atoms with Crippen LogP contribution in [0.2, 0.25) is 0 Å². The van der Waals surface area contributed by atoms with Gasteiger partial charge in [-0.05, 0) is 62.2 Å². The van der Waals surface area contributed by atoms with Gasteiger partial charge in [0.1, 0.15) is 5.82 Å². The molecule has 9 heteroatoms. The minimum absolute atomic E-state index is 0.127. The molecular weight excluding hydrogens is 404 g/mol. The molecule has 162 valence electrons. The fourth-order valence-electron chi connectivity index (χ4n) is 7.04. The number of aromatic nitrogens is 2. The summed E-state index contributed by atoms with van der Waals surface area (Å²) >= 11 is 0. The number of hydrogen-bond donors (Lipinski definition) is 1. The molecule has 8 nitrogen and oxygen atoms in total. The maximum absolute atomic E-state index is 13.4. The third kappa shape index (κ3) is 2.74. The van der Waals surface area contributed by atoms with E-state index in [1.165, 1.54) is 29.8 Å². The van der Waals surface area contributed by atoms with Crippen LogP contribution in [0.5, 0.6) is 0 Å². The van der Waals surface area contributed by atoms with Crippen molar-refractivity contribution >= 4 is 15.9 Å². The van der Waals surface area contributed by atoms with Crippen molar-refractivity contribution in [1.29, 1.82) is 0 Å². The van der Waals surface area contributed by atoms with E-state index < -0.39 is 10.0 Å². The number of likely N-dealkylation sites (tertiary alicyclic amines) is 1. The molecule has 4 fully saturated rings. The van der Waals surface area contributed by atoms with Crippen LogP contribution in [0.4, 0.5) is 0 Å². The molecule has 6 rings (SSSR count). The second-order valence-corrected chi connectivity index (χ2v) is 11.9. The molecule has 1 N–H and O–H groups in total. The Bertz CT molecular complexity index is 1070. The lowest BCUT2D eigenvalue weighted by molar-refractivity contribution is -0.134. The van der Waals surface area contributed by atoms with Crippen LogP contribution in [-0.2, 0) is 27.8 Å². The number of hydrogen-bond acceptors (Lipinski definition) is 5. The molecule has 1 saturated heterocycles. The van der Waals surface area contributed by atoms with E-state index in [0.29, 0.717) is 48.4 Å². The van der Waals surface area contributed by atoms with E-state index in [2.05, 4.69) is 4.98 Å². The van der Waals surface area contributed by atoms with Crippen molar-refractivity contribution < 1.29 is 13.2 Å². The van der Waals surface area contributed by atoms with Crippen molar-refractivity contribution in [3.8, 4) is 0 Å². The van der Waals surface area contributed by atoms with Gasteiger partial charge in [-0.25, -0.2) is 13.4 Å². The molecule has 2 bridgehead atoms. The van der Waals surface area contributed by atoms with Crippen LogP contribution in [0.3, 0.4) is 0 Å². The molecule has 0 aromatic carbocycles. The van der Waals surface area contributed by atoms with Crippen molar-refractivity contribution in [1.82, 2.24) is 19.2 Å². The Morgan fingerprint density at radius 1 is 1.13 bits per heavy atom. The minimum Gasteiger partial charge on any atom is -0.332 e. The number of carbonyl (C=O) groups excluding carboxylic acids is 1. The Balaban J connectivity index is 1.27. The topological polar surface area (TPSA) is 103 Å². The Kier molecular flexibility index (Phi) is 4.04. The maximum Gasteiger partial charge on any atom is 0.254 e. The molecule has 5 atom stereocenters. The zero-order valence-corrected chi connectivity index (χ0v) is 18.0. The molecule has 0 unspecified atom stereocenters. The molecule has 5 aliphatic rings. The number of rotatable bonds is 3. The molecule has 2 aliphatic heterocycles. The summed E-state index contributed by atoms with van der Waals surface area (Å²) < 4.78 is 25.3. The quantitative estimate of drug-likeness (QED) is 0.769. The van der Waals surface area contributed by atoms with Crippen molar-refractivity contribution in [2.24, 2.45) is 29.6 Å². The third-order valence-corrected chi connectivity index (χ3v) is 9.65. The lowest BCUT2D eigenvalue weighted by atomic mass is 10.0. The first kappa shape index (κ1) is 19.0. The zero-order chi connectivity index (χ0) is 20.8. The summed E-state index contributed by atoms with van der Waals surface area (Å²) in [6.45, 7) is 1.14. The smallest absolute Gasteiger partial charge is 0.254 e. The summed E-state index contributed by atoms with van der Waals surface area (Å²) in [5, 5.41) is 0. The highest BCUT2D eigenvalue weighted by Crippen LogP contribution is 2.70. The summed E-state index contributed by atoms with van der Waals surface area (Å²) in [5.41, 5.74) is 0.915. The Labute approximate surface area is 176 Å². The molecule has 0 radical (unpaired) electrons. The van der Waals surface area contributed by atoms with Crippen LogP contribution in [0.25, 0.3) is 0 Å². The summed E-state index contributed by atoms with van der Waals surface area (Å²) in [7, 11) is -3.34. The van der Waals surface area contributed by atoms with Crippen LogP contribution < -0.4 is 5.56 Å². The average molecular weight is 433 g/mol. The van der Waals surface area contributed by atoms with E-state index in [0.717, 1.165) is 24.7 Å². The first-order chi connectivity index (χ1) is 14.3. The van der Waals surface area contributed by atoms with Crippen LogP contribution in [-0.4, -0.2) is 52.8 Å². The van der Waals surface area contributed by atoms with Crippen LogP contribution in [0.1, 0.15) is 55.2 Å². The first-order valence-electron chi connectivity index (χ1n) is 11.2. The summed E-state index contributed by atoms with van der Waals surface area (Å²) in [5.74, 6) is 3.64. The molecule has 1 aromatic rings. The monoisotopic (exact) mass is 432 g/mol. The van der Waals surface area contributed by atoms with Crippen molar-refractivity contribution in [3.05, 3.63) is 27.4 Å². The van der Waals surface area contributed by atoms with Crippen LogP contribution in [0.15, 0.2) is 4.79 Å². The third-order valence-electron chi connectivity index (χ3n) is 8.40. The molecule has 3 heterocycles. The van der Waals surface area contributed by atoms with Crippen LogP contribution >= 0.6 is 0 Å². The van der Waals surface area contributed by atoms with Crippen molar-refractivity contribution in [2.45, 2.75) is 51.1 Å². The van der Waals surface area contributed by atoms with Gasteiger partial charge in [-0.3, -0.25) is 9.59 Å². The van der Waals surface area contributed by atoms with Gasteiger partial charge in [0.15, 0.2) is 0 Å². The van der Waals surface area contributed by atoms with Crippen molar-refractivity contribution in [3.63, 3.8) is 0 Å². The number of carbonyl (C=O) groups is 1. The van der Waals surface area contributed by atoms with Gasteiger partial charge >= 0.3 is 0 Å². The van der Waals surface area contributed by atoms with Gasteiger partial charge in [0.2, 0.25) is 15.9 Å². The lowest BCUT2D eigenvalue weighted by Crippen LogP contribution is -2.40. The standard InChI is InChI=1S/C21H28N4O4S/c1-30(28,29)24-8-6-13-14(10-24)22-19(23-20(13)26)15-3-2-7-25(15)21(27)18-16-11-4-5-12(9-11)17(16)18/h11-12,15-18H,2-10H2,1H3,(H,22,23,26)/t11-,12-,15+,16+,17+/m1/s1. The second kappa shape index (κ2) is 6.38. The molecule has 1 amide bonds. The van der Waals surface area contributed by atoms with E-state index in [1.54, 1.807) is 0 Å². The van der Waals surface area contributed by atoms with Gasteiger partial charge in [0.05, 0.1) is 24.5 Å². The Hall–Kier alpha value is -1.74. The second-order valence-electron chi connectivity index (χ2n) is 9.93. The van der Waals surface area contributed by atoms with Gasteiger partial charge < -0.3 is 9.88 Å². The molecule has 0 spiro atoms. The maximum atomic E-state index is 13.4. The van der Waals surface area contributed by atoms with E-state index in [1.807, 2.05) is 4.90 Å². The Morgan fingerprint density at radius 2 is 1.87 bits per heavy atom. The Morgan fingerprint density at radius 3 is 2.57 bits per heavy atom. The molecule has 3 saturated carbocycles. The van der Waals surface area contributed by atoms with E-state index in [-0.39, 0.29) is 30.0 Å².